The van der Waals surface area contributed by atoms with Gasteiger partial charge in [-0.1, -0.05) is 29.8 Å². The molecule has 1 fully saturated rings. The number of likely N-dealkylation sites (tertiary alicyclic amines) is 1. The van der Waals surface area contributed by atoms with Gasteiger partial charge in [-0.05, 0) is 63.0 Å². The molecule has 3 rings (SSSR count). The molecule has 1 aliphatic rings. The van der Waals surface area contributed by atoms with E-state index in [9.17, 15) is 4.79 Å². The van der Waals surface area contributed by atoms with Gasteiger partial charge < -0.3 is 9.73 Å². The van der Waals surface area contributed by atoms with E-state index in [-0.39, 0.29) is 17.9 Å². The van der Waals surface area contributed by atoms with Crippen LogP contribution in [0.3, 0.4) is 0 Å². The number of hydrogen-bond donors (Lipinski definition) is 1. The van der Waals surface area contributed by atoms with Crippen molar-refractivity contribution in [2.45, 2.75) is 46.2 Å². The first-order chi connectivity index (χ1) is 12.9. The zero-order valence-electron chi connectivity index (χ0n) is 16.1. The zero-order chi connectivity index (χ0) is 19.4. The molecule has 1 saturated heterocycles. The average molecular weight is 435 g/mol. The van der Waals surface area contributed by atoms with Crippen LogP contribution in [0.2, 0.25) is 0 Å². The lowest BCUT2D eigenvalue weighted by molar-refractivity contribution is -0.127. The molecule has 1 unspecified atom stereocenters. The second-order valence-corrected chi connectivity index (χ2v) is 8.52. The Bertz CT molecular complexity index is 752. The van der Waals surface area contributed by atoms with Crippen molar-refractivity contribution < 1.29 is 9.21 Å². The number of piperidine rings is 1. The number of aromatic nitrogens is 2. The van der Waals surface area contributed by atoms with Gasteiger partial charge in [-0.25, -0.2) is 0 Å². The van der Waals surface area contributed by atoms with Crippen LogP contribution in [0.25, 0.3) is 11.5 Å². The molecular formula is C20H27BrN4O2. The Morgan fingerprint density at radius 3 is 2.52 bits per heavy atom. The van der Waals surface area contributed by atoms with E-state index < -0.39 is 0 Å². The van der Waals surface area contributed by atoms with E-state index in [0.717, 1.165) is 36.0 Å². The standard InChI is InChI=1S/C20H27BrN4O2/c1-13(2)14(3)22-19(26)15-8-10-25(11-9-15)12-18-23-24-20(27-18)16-4-6-17(21)7-5-16/h4-7,13-15H,8-12H2,1-3H3,(H,22,26). The van der Waals surface area contributed by atoms with Crippen molar-refractivity contribution >= 4 is 21.8 Å². The van der Waals surface area contributed by atoms with Crippen LogP contribution in [-0.4, -0.2) is 40.1 Å². The summed E-state index contributed by atoms with van der Waals surface area (Å²) in [4.78, 5) is 14.7. The number of carbonyl (C=O) groups is 1. The monoisotopic (exact) mass is 434 g/mol. The molecule has 1 aromatic carbocycles. The summed E-state index contributed by atoms with van der Waals surface area (Å²) in [6.45, 7) is 8.67. The minimum Gasteiger partial charge on any atom is -0.419 e. The van der Waals surface area contributed by atoms with Crippen molar-refractivity contribution in [3.63, 3.8) is 0 Å². The lowest BCUT2D eigenvalue weighted by Gasteiger charge is -2.31. The van der Waals surface area contributed by atoms with Crippen molar-refractivity contribution in [3.05, 3.63) is 34.6 Å². The average Bonchev–Trinajstić information content (AvgIpc) is 3.11. The fourth-order valence-electron chi connectivity index (χ4n) is 3.08. The Morgan fingerprint density at radius 2 is 1.89 bits per heavy atom. The molecule has 0 radical (unpaired) electrons. The molecule has 27 heavy (non-hydrogen) atoms. The number of nitrogens with one attached hydrogen (secondary N) is 1. The van der Waals surface area contributed by atoms with Gasteiger partial charge in [-0.2, -0.15) is 0 Å². The molecule has 1 atom stereocenters. The Morgan fingerprint density at radius 1 is 1.22 bits per heavy atom. The van der Waals surface area contributed by atoms with Crippen molar-refractivity contribution in [2.75, 3.05) is 13.1 Å². The molecule has 1 aromatic heterocycles. The molecule has 1 amide bonds. The highest BCUT2D eigenvalue weighted by Crippen LogP contribution is 2.23. The minimum atomic E-state index is 0.100. The van der Waals surface area contributed by atoms with Crippen LogP contribution >= 0.6 is 15.9 Å². The number of hydrogen-bond acceptors (Lipinski definition) is 5. The molecule has 7 heteroatoms. The molecule has 2 aromatic rings. The molecule has 6 nitrogen and oxygen atoms in total. The van der Waals surface area contributed by atoms with E-state index in [0.29, 0.717) is 24.2 Å². The lowest BCUT2D eigenvalue weighted by atomic mass is 9.95. The highest BCUT2D eigenvalue weighted by molar-refractivity contribution is 9.10. The van der Waals surface area contributed by atoms with Crippen molar-refractivity contribution in [2.24, 2.45) is 11.8 Å². The topological polar surface area (TPSA) is 71.3 Å². The highest BCUT2D eigenvalue weighted by atomic mass is 79.9. The summed E-state index contributed by atoms with van der Waals surface area (Å²) in [5.74, 6) is 1.89. The maximum Gasteiger partial charge on any atom is 0.247 e. The minimum absolute atomic E-state index is 0.100. The molecule has 1 N–H and O–H groups in total. The summed E-state index contributed by atoms with van der Waals surface area (Å²) in [5, 5.41) is 11.5. The third-order valence-electron chi connectivity index (χ3n) is 5.25. The predicted octanol–water partition coefficient (Wildman–Crippen LogP) is 3.87. The van der Waals surface area contributed by atoms with Gasteiger partial charge in [0.15, 0.2) is 0 Å². The number of carbonyl (C=O) groups excluding carboxylic acids is 1. The fraction of sp³-hybridized carbons (Fsp3) is 0.550. The van der Waals surface area contributed by atoms with Gasteiger partial charge in [0, 0.05) is 22.0 Å². The van der Waals surface area contributed by atoms with Crippen molar-refractivity contribution in [3.8, 4) is 11.5 Å². The van der Waals surface area contributed by atoms with E-state index in [4.69, 9.17) is 4.42 Å². The van der Waals surface area contributed by atoms with Gasteiger partial charge in [0.2, 0.25) is 17.7 Å². The molecule has 0 spiro atoms. The Hall–Kier alpha value is -1.73. The van der Waals surface area contributed by atoms with Gasteiger partial charge in [-0.3, -0.25) is 9.69 Å². The van der Waals surface area contributed by atoms with E-state index in [2.05, 4.69) is 57.1 Å². The number of halogens is 1. The van der Waals surface area contributed by atoms with Crippen LogP contribution in [0.5, 0.6) is 0 Å². The zero-order valence-corrected chi connectivity index (χ0v) is 17.7. The lowest BCUT2D eigenvalue weighted by Crippen LogP contribution is -2.44. The summed E-state index contributed by atoms with van der Waals surface area (Å²) in [7, 11) is 0. The third-order valence-corrected chi connectivity index (χ3v) is 5.77. The molecule has 1 aliphatic heterocycles. The number of nitrogens with zero attached hydrogens (tertiary/aromatic N) is 3. The van der Waals surface area contributed by atoms with Gasteiger partial charge >= 0.3 is 0 Å². The largest absolute Gasteiger partial charge is 0.419 e. The van der Waals surface area contributed by atoms with Gasteiger partial charge in [0.05, 0.1) is 6.54 Å². The molecule has 0 aliphatic carbocycles. The van der Waals surface area contributed by atoms with E-state index in [1.165, 1.54) is 0 Å². The molecule has 0 bridgehead atoms. The first kappa shape index (κ1) is 20.0. The summed E-state index contributed by atoms with van der Waals surface area (Å²) in [6, 6.07) is 8.02. The van der Waals surface area contributed by atoms with Crippen LogP contribution in [-0.2, 0) is 11.3 Å². The summed E-state index contributed by atoms with van der Waals surface area (Å²) >= 11 is 3.42. The fourth-order valence-corrected chi connectivity index (χ4v) is 3.34. The van der Waals surface area contributed by atoms with E-state index in [1.807, 2.05) is 24.3 Å². The quantitative estimate of drug-likeness (QED) is 0.746. The Labute approximate surface area is 168 Å². The van der Waals surface area contributed by atoms with Gasteiger partial charge in [0.25, 0.3) is 0 Å². The van der Waals surface area contributed by atoms with Crippen molar-refractivity contribution in [1.82, 2.24) is 20.4 Å². The summed E-state index contributed by atoms with van der Waals surface area (Å²) < 4.78 is 6.82. The smallest absolute Gasteiger partial charge is 0.247 e. The van der Waals surface area contributed by atoms with Crippen LogP contribution in [0, 0.1) is 11.8 Å². The number of rotatable bonds is 6. The normalized spacial score (nSPS) is 17.2. The number of amides is 1. The number of benzene rings is 1. The summed E-state index contributed by atoms with van der Waals surface area (Å²) in [6.07, 6.45) is 1.73. The molecule has 0 saturated carbocycles. The first-order valence-corrected chi connectivity index (χ1v) is 10.3. The van der Waals surface area contributed by atoms with Crippen molar-refractivity contribution in [1.29, 1.82) is 0 Å². The van der Waals surface area contributed by atoms with Crippen LogP contribution in [0.15, 0.2) is 33.2 Å². The van der Waals surface area contributed by atoms with Crippen LogP contribution in [0.1, 0.15) is 39.5 Å². The second kappa shape index (κ2) is 8.97. The summed E-state index contributed by atoms with van der Waals surface area (Å²) in [5.41, 5.74) is 0.909. The van der Waals surface area contributed by atoms with E-state index in [1.54, 1.807) is 0 Å². The van der Waals surface area contributed by atoms with Gasteiger partial charge in [0.1, 0.15) is 0 Å². The Kier molecular flexibility index (Phi) is 6.65. The van der Waals surface area contributed by atoms with E-state index >= 15 is 0 Å². The molecular weight excluding hydrogens is 408 g/mol. The first-order valence-electron chi connectivity index (χ1n) is 9.53. The molecule has 2 heterocycles. The van der Waals surface area contributed by atoms with Crippen LogP contribution < -0.4 is 5.32 Å². The van der Waals surface area contributed by atoms with Crippen LogP contribution in [0.4, 0.5) is 0 Å². The third kappa shape index (κ3) is 5.39. The SMILES string of the molecule is CC(C)C(C)NC(=O)C1CCN(Cc2nnc(-c3ccc(Br)cc3)o2)CC1. The van der Waals surface area contributed by atoms with Gasteiger partial charge in [-0.15, -0.1) is 10.2 Å². The maximum atomic E-state index is 12.4. The maximum absolute atomic E-state index is 12.4. The predicted molar refractivity (Wildman–Crippen MR) is 108 cm³/mol. The second-order valence-electron chi connectivity index (χ2n) is 7.60. The Balaban J connectivity index is 1.49. The highest BCUT2D eigenvalue weighted by Gasteiger charge is 2.27. The molecule has 146 valence electrons.